The number of hydrogen-bond donors (Lipinski definition) is 2. The summed E-state index contributed by atoms with van der Waals surface area (Å²) in [5, 5.41) is 2.81. The third kappa shape index (κ3) is 2.83. The number of aromatic nitrogens is 3. The second-order valence-electron chi connectivity index (χ2n) is 4.79. The first-order chi connectivity index (χ1) is 10.6. The Morgan fingerprint density at radius 3 is 2.77 bits per heavy atom. The molecule has 0 saturated carbocycles. The first-order valence-electron chi connectivity index (χ1n) is 6.83. The standard InChI is InChI=1S/C15H14F2N4O/c16-13(17)7-8-18-14-6-5-10(9-19-14)21-12-4-2-1-3-11(12)20-15(21)22/h1-6,9,13H,7-8H2,(H,18,19)(H,20,22). The van der Waals surface area contributed by atoms with Crippen molar-refractivity contribution in [2.45, 2.75) is 12.8 Å². The molecule has 2 N–H and O–H groups in total. The Morgan fingerprint density at radius 2 is 2.05 bits per heavy atom. The summed E-state index contributed by atoms with van der Waals surface area (Å²) >= 11 is 0. The zero-order valence-corrected chi connectivity index (χ0v) is 11.6. The number of anilines is 1. The molecule has 7 heteroatoms. The maximum Gasteiger partial charge on any atom is 0.331 e. The highest BCUT2D eigenvalue weighted by atomic mass is 19.3. The molecule has 0 aliphatic heterocycles. The van der Waals surface area contributed by atoms with Crippen molar-refractivity contribution >= 4 is 16.9 Å². The molecule has 0 bridgehead atoms. The SMILES string of the molecule is O=c1[nH]c2ccccc2n1-c1ccc(NCCC(F)F)nc1. The van der Waals surface area contributed by atoms with Gasteiger partial charge in [-0.05, 0) is 24.3 Å². The monoisotopic (exact) mass is 304 g/mol. The number of H-pyrrole nitrogens is 1. The molecule has 1 aromatic carbocycles. The van der Waals surface area contributed by atoms with Crippen molar-refractivity contribution in [1.29, 1.82) is 0 Å². The number of alkyl halides is 2. The molecule has 2 heterocycles. The fourth-order valence-corrected chi connectivity index (χ4v) is 2.24. The van der Waals surface area contributed by atoms with E-state index in [1.807, 2.05) is 24.3 Å². The highest BCUT2D eigenvalue weighted by Crippen LogP contribution is 2.15. The van der Waals surface area contributed by atoms with E-state index in [-0.39, 0.29) is 18.7 Å². The molecule has 114 valence electrons. The lowest BCUT2D eigenvalue weighted by atomic mass is 10.3. The average molecular weight is 304 g/mol. The van der Waals surface area contributed by atoms with Gasteiger partial charge in [0.25, 0.3) is 0 Å². The smallest absolute Gasteiger partial charge is 0.331 e. The van der Waals surface area contributed by atoms with Crippen LogP contribution in [0.5, 0.6) is 0 Å². The molecule has 2 aromatic heterocycles. The second-order valence-corrected chi connectivity index (χ2v) is 4.79. The third-order valence-corrected chi connectivity index (χ3v) is 3.26. The van der Waals surface area contributed by atoms with Crippen LogP contribution in [0.4, 0.5) is 14.6 Å². The summed E-state index contributed by atoms with van der Waals surface area (Å²) in [6, 6.07) is 10.7. The minimum Gasteiger partial charge on any atom is -0.370 e. The van der Waals surface area contributed by atoms with Crippen molar-refractivity contribution in [3.8, 4) is 5.69 Å². The van der Waals surface area contributed by atoms with Crippen LogP contribution in [0.3, 0.4) is 0 Å². The molecule has 0 aliphatic carbocycles. The van der Waals surface area contributed by atoms with Crippen LogP contribution in [0.2, 0.25) is 0 Å². The molecule has 3 rings (SSSR count). The van der Waals surface area contributed by atoms with Crippen molar-refractivity contribution in [2.24, 2.45) is 0 Å². The van der Waals surface area contributed by atoms with Crippen molar-refractivity contribution in [3.63, 3.8) is 0 Å². The first-order valence-corrected chi connectivity index (χ1v) is 6.83. The Balaban J connectivity index is 1.86. The van der Waals surface area contributed by atoms with E-state index in [4.69, 9.17) is 0 Å². The van der Waals surface area contributed by atoms with Gasteiger partial charge in [-0.1, -0.05) is 12.1 Å². The van der Waals surface area contributed by atoms with E-state index in [1.165, 1.54) is 10.8 Å². The Bertz CT molecular complexity index is 823. The van der Waals surface area contributed by atoms with E-state index in [2.05, 4.69) is 15.3 Å². The van der Waals surface area contributed by atoms with Crippen LogP contribution in [-0.4, -0.2) is 27.5 Å². The molecule has 0 atom stereocenters. The molecule has 0 aliphatic rings. The summed E-state index contributed by atoms with van der Waals surface area (Å²) in [7, 11) is 0. The van der Waals surface area contributed by atoms with E-state index in [9.17, 15) is 13.6 Å². The van der Waals surface area contributed by atoms with Crippen molar-refractivity contribution in [1.82, 2.24) is 14.5 Å². The fourth-order valence-electron chi connectivity index (χ4n) is 2.24. The molecule has 5 nitrogen and oxygen atoms in total. The van der Waals surface area contributed by atoms with Gasteiger partial charge < -0.3 is 10.3 Å². The van der Waals surface area contributed by atoms with E-state index in [0.29, 0.717) is 11.5 Å². The number of fused-ring (bicyclic) bond motifs is 1. The molecule has 0 saturated heterocycles. The van der Waals surface area contributed by atoms with Crippen LogP contribution < -0.4 is 11.0 Å². The van der Waals surface area contributed by atoms with E-state index >= 15 is 0 Å². The highest BCUT2D eigenvalue weighted by Gasteiger charge is 2.08. The number of imidazole rings is 1. The van der Waals surface area contributed by atoms with Gasteiger partial charge in [-0.15, -0.1) is 0 Å². The number of pyridine rings is 1. The van der Waals surface area contributed by atoms with Crippen LogP contribution in [0.1, 0.15) is 6.42 Å². The molecule has 0 spiro atoms. The number of nitrogens with zero attached hydrogens (tertiary/aromatic N) is 2. The molecule has 0 amide bonds. The molecule has 3 aromatic rings. The predicted octanol–water partition coefficient (Wildman–Crippen LogP) is 2.78. The molecule has 22 heavy (non-hydrogen) atoms. The van der Waals surface area contributed by atoms with Crippen molar-refractivity contribution in [3.05, 3.63) is 53.1 Å². The predicted molar refractivity (Wildman–Crippen MR) is 80.8 cm³/mol. The summed E-state index contributed by atoms with van der Waals surface area (Å²) in [5.74, 6) is 0.497. The van der Waals surface area contributed by atoms with Gasteiger partial charge in [0, 0.05) is 13.0 Å². The maximum absolute atomic E-state index is 12.1. The first kappa shape index (κ1) is 14.2. The van der Waals surface area contributed by atoms with E-state index in [0.717, 1.165) is 11.0 Å². The third-order valence-electron chi connectivity index (χ3n) is 3.26. The summed E-state index contributed by atoms with van der Waals surface area (Å²) in [5.41, 5.74) is 1.86. The van der Waals surface area contributed by atoms with Gasteiger partial charge >= 0.3 is 5.69 Å². The van der Waals surface area contributed by atoms with Gasteiger partial charge in [-0.25, -0.2) is 18.6 Å². The highest BCUT2D eigenvalue weighted by molar-refractivity contribution is 5.77. The van der Waals surface area contributed by atoms with Gasteiger partial charge in [-0.3, -0.25) is 4.57 Å². The van der Waals surface area contributed by atoms with Crippen molar-refractivity contribution in [2.75, 3.05) is 11.9 Å². The number of benzene rings is 1. The number of para-hydroxylation sites is 2. The van der Waals surface area contributed by atoms with Crippen LogP contribution >= 0.6 is 0 Å². The fraction of sp³-hybridized carbons (Fsp3) is 0.200. The van der Waals surface area contributed by atoms with Gasteiger partial charge in [0.2, 0.25) is 6.43 Å². The Kier molecular flexibility index (Phi) is 3.86. The van der Waals surface area contributed by atoms with Gasteiger partial charge in [0.15, 0.2) is 0 Å². The minimum absolute atomic E-state index is 0.150. The normalized spacial score (nSPS) is 11.2. The Hall–Kier alpha value is -2.70. The van der Waals surface area contributed by atoms with Crippen molar-refractivity contribution < 1.29 is 8.78 Å². The topological polar surface area (TPSA) is 62.7 Å². The average Bonchev–Trinajstić information content (AvgIpc) is 2.83. The largest absolute Gasteiger partial charge is 0.370 e. The zero-order chi connectivity index (χ0) is 15.5. The number of hydrogen-bond acceptors (Lipinski definition) is 3. The molecule has 0 radical (unpaired) electrons. The lowest BCUT2D eigenvalue weighted by Crippen LogP contribution is -2.15. The second kappa shape index (κ2) is 5.97. The zero-order valence-electron chi connectivity index (χ0n) is 11.6. The van der Waals surface area contributed by atoms with Crippen LogP contribution in [-0.2, 0) is 0 Å². The number of nitrogens with one attached hydrogen (secondary N) is 2. The van der Waals surface area contributed by atoms with E-state index < -0.39 is 6.43 Å². The van der Waals surface area contributed by atoms with Gasteiger partial charge in [0.1, 0.15) is 5.82 Å². The summed E-state index contributed by atoms with van der Waals surface area (Å²) in [6.07, 6.45) is -1.03. The maximum atomic E-state index is 12.1. The van der Waals surface area contributed by atoms with Gasteiger partial charge in [0.05, 0.1) is 22.9 Å². The molecule has 0 unspecified atom stereocenters. The molecule has 0 fully saturated rings. The quantitative estimate of drug-likeness (QED) is 0.762. The molecular weight excluding hydrogens is 290 g/mol. The van der Waals surface area contributed by atoms with E-state index in [1.54, 1.807) is 12.1 Å². The Labute approximate surface area is 124 Å². The van der Waals surface area contributed by atoms with Gasteiger partial charge in [-0.2, -0.15) is 0 Å². The van der Waals surface area contributed by atoms with Crippen LogP contribution in [0, 0.1) is 0 Å². The Morgan fingerprint density at radius 1 is 1.23 bits per heavy atom. The summed E-state index contributed by atoms with van der Waals surface area (Å²) < 4.78 is 25.7. The lowest BCUT2D eigenvalue weighted by Gasteiger charge is -2.07. The number of halogens is 2. The lowest BCUT2D eigenvalue weighted by molar-refractivity contribution is 0.142. The van der Waals surface area contributed by atoms with Crippen LogP contribution in [0.15, 0.2) is 47.4 Å². The van der Waals surface area contributed by atoms with Crippen LogP contribution in [0.25, 0.3) is 16.7 Å². The minimum atomic E-state index is -2.34. The number of aromatic amines is 1. The molecular formula is C15H14F2N4O. The summed E-state index contributed by atoms with van der Waals surface area (Å²) in [6.45, 7) is 0.150. The number of rotatable bonds is 5. The summed E-state index contributed by atoms with van der Waals surface area (Å²) in [4.78, 5) is 19.0.